The van der Waals surface area contributed by atoms with Crippen molar-refractivity contribution in [3.05, 3.63) is 42.5 Å². The van der Waals surface area contributed by atoms with Crippen molar-refractivity contribution >= 4 is 0 Å². The lowest BCUT2D eigenvalue weighted by Gasteiger charge is -2.35. The maximum absolute atomic E-state index is 5.93. The molecule has 0 aliphatic carbocycles. The Hall–Kier alpha value is -1.32. The molecule has 1 heterocycles. The van der Waals surface area contributed by atoms with Gasteiger partial charge >= 0.3 is 0 Å². The van der Waals surface area contributed by atoms with E-state index >= 15 is 0 Å². The molecule has 3 nitrogen and oxygen atoms in total. The number of rotatable bonds is 8. The largest absolute Gasteiger partial charge is 0.493 e. The number of para-hydroxylation sites is 1. The first-order chi connectivity index (χ1) is 10.7. The predicted octanol–water partition coefficient (Wildman–Crippen LogP) is 3.68. The number of benzene rings is 1. The smallest absolute Gasteiger partial charge is 0.122 e. The third-order valence-corrected chi connectivity index (χ3v) is 3.96. The summed E-state index contributed by atoms with van der Waals surface area (Å²) in [5, 5.41) is 0. The summed E-state index contributed by atoms with van der Waals surface area (Å²) >= 11 is 0. The zero-order valence-electron chi connectivity index (χ0n) is 14.0. The molecule has 1 aromatic rings. The normalized spacial score (nSPS) is 22.5. The highest BCUT2D eigenvalue weighted by atomic mass is 16.5. The molecule has 0 radical (unpaired) electrons. The van der Waals surface area contributed by atoms with Gasteiger partial charge in [0.2, 0.25) is 0 Å². The first-order valence-corrected chi connectivity index (χ1v) is 8.38. The summed E-state index contributed by atoms with van der Waals surface area (Å²) in [6.07, 6.45) is 5.74. The standard InChI is InChI=1S/C19H29NO2/c1-4-9-18-10-5-6-11-19(18)21-13-8-7-12-20-14-16(2)22-17(3)15-20/h4-6,10-11,16-17H,1,7-9,12-15H2,2-3H3/t16-,17+. The average Bonchev–Trinajstić information content (AvgIpc) is 2.48. The van der Waals surface area contributed by atoms with E-state index in [4.69, 9.17) is 9.47 Å². The quantitative estimate of drug-likeness (QED) is 0.540. The van der Waals surface area contributed by atoms with Gasteiger partial charge in [-0.3, -0.25) is 4.90 Å². The van der Waals surface area contributed by atoms with Gasteiger partial charge < -0.3 is 9.47 Å². The molecule has 0 saturated carbocycles. The Morgan fingerprint density at radius 2 is 1.95 bits per heavy atom. The van der Waals surface area contributed by atoms with Crippen molar-refractivity contribution < 1.29 is 9.47 Å². The van der Waals surface area contributed by atoms with Gasteiger partial charge in [0.15, 0.2) is 0 Å². The minimum atomic E-state index is 0.353. The number of hydrogen-bond acceptors (Lipinski definition) is 3. The molecule has 22 heavy (non-hydrogen) atoms. The van der Waals surface area contributed by atoms with Crippen molar-refractivity contribution in [2.45, 2.75) is 45.3 Å². The van der Waals surface area contributed by atoms with E-state index in [1.54, 1.807) is 0 Å². The van der Waals surface area contributed by atoms with Gasteiger partial charge in [-0.25, -0.2) is 0 Å². The molecule has 2 rings (SSSR count). The van der Waals surface area contributed by atoms with Gasteiger partial charge in [-0.1, -0.05) is 24.3 Å². The van der Waals surface area contributed by atoms with Crippen LogP contribution in [0.3, 0.4) is 0 Å². The molecular formula is C19H29NO2. The van der Waals surface area contributed by atoms with E-state index in [2.05, 4.69) is 31.4 Å². The molecule has 1 aliphatic heterocycles. The van der Waals surface area contributed by atoms with Crippen LogP contribution in [-0.4, -0.2) is 43.3 Å². The molecule has 0 aromatic heterocycles. The van der Waals surface area contributed by atoms with Gasteiger partial charge in [0.25, 0.3) is 0 Å². The van der Waals surface area contributed by atoms with E-state index in [0.29, 0.717) is 12.2 Å². The number of nitrogens with zero attached hydrogens (tertiary/aromatic N) is 1. The van der Waals surface area contributed by atoms with Crippen LogP contribution in [-0.2, 0) is 11.2 Å². The lowest BCUT2D eigenvalue weighted by molar-refractivity contribution is -0.0682. The monoisotopic (exact) mass is 303 g/mol. The Morgan fingerprint density at radius 1 is 1.23 bits per heavy atom. The predicted molar refractivity (Wildman–Crippen MR) is 91.5 cm³/mol. The fraction of sp³-hybridized carbons (Fsp3) is 0.579. The lowest BCUT2D eigenvalue weighted by atomic mass is 10.1. The van der Waals surface area contributed by atoms with Gasteiger partial charge in [-0.05, 0) is 51.3 Å². The van der Waals surface area contributed by atoms with E-state index in [-0.39, 0.29) is 0 Å². The van der Waals surface area contributed by atoms with Crippen molar-refractivity contribution in [1.82, 2.24) is 4.90 Å². The van der Waals surface area contributed by atoms with Crippen molar-refractivity contribution in [3.8, 4) is 5.75 Å². The van der Waals surface area contributed by atoms with E-state index in [9.17, 15) is 0 Å². The molecule has 0 unspecified atom stereocenters. The van der Waals surface area contributed by atoms with E-state index in [1.165, 1.54) is 12.0 Å². The summed E-state index contributed by atoms with van der Waals surface area (Å²) in [7, 11) is 0. The summed E-state index contributed by atoms with van der Waals surface area (Å²) in [6, 6.07) is 8.22. The minimum absolute atomic E-state index is 0.353. The Balaban J connectivity index is 1.66. The molecular weight excluding hydrogens is 274 g/mol. The number of ether oxygens (including phenoxy) is 2. The molecule has 1 saturated heterocycles. The molecule has 1 aliphatic rings. The molecule has 0 bridgehead atoms. The van der Waals surface area contributed by atoms with Crippen LogP contribution in [0.4, 0.5) is 0 Å². The fourth-order valence-corrected chi connectivity index (χ4v) is 3.06. The van der Waals surface area contributed by atoms with Crippen LogP contribution in [0.2, 0.25) is 0 Å². The Kier molecular flexibility index (Phi) is 6.94. The molecule has 0 N–H and O–H groups in total. The molecule has 0 spiro atoms. The number of morpholine rings is 1. The second kappa shape index (κ2) is 8.96. The average molecular weight is 303 g/mol. The zero-order valence-corrected chi connectivity index (χ0v) is 14.0. The lowest BCUT2D eigenvalue weighted by Crippen LogP contribution is -2.45. The number of unbranched alkanes of at least 4 members (excludes halogenated alkanes) is 1. The second-order valence-corrected chi connectivity index (χ2v) is 6.17. The summed E-state index contributed by atoms with van der Waals surface area (Å²) in [5.74, 6) is 0.996. The summed E-state index contributed by atoms with van der Waals surface area (Å²) in [5.41, 5.74) is 1.22. The SMILES string of the molecule is C=CCc1ccccc1OCCCCN1C[C@@H](C)O[C@@H](C)C1. The van der Waals surface area contributed by atoms with Crippen LogP contribution in [0.25, 0.3) is 0 Å². The fourth-order valence-electron chi connectivity index (χ4n) is 3.06. The van der Waals surface area contributed by atoms with Crippen molar-refractivity contribution in [2.75, 3.05) is 26.2 Å². The highest BCUT2D eigenvalue weighted by Crippen LogP contribution is 2.19. The number of allylic oxidation sites excluding steroid dienone is 1. The molecule has 2 atom stereocenters. The maximum atomic E-state index is 5.93. The van der Waals surface area contributed by atoms with Gasteiger partial charge in [-0.15, -0.1) is 6.58 Å². The van der Waals surface area contributed by atoms with Crippen LogP contribution in [0, 0.1) is 0 Å². The van der Waals surface area contributed by atoms with Gasteiger partial charge in [0.1, 0.15) is 5.75 Å². The highest BCUT2D eigenvalue weighted by molar-refractivity contribution is 5.34. The van der Waals surface area contributed by atoms with Crippen molar-refractivity contribution in [3.63, 3.8) is 0 Å². The van der Waals surface area contributed by atoms with Gasteiger partial charge in [0, 0.05) is 13.1 Å². The van der Waals surface area contributed by atoms with Crippen LogP contribution in [0.5, 0.6) is 5.75 Å². The third-order valence-electron chi connectivity index (χ3n) is 3.96. The first kappa shape index (κ1) is 17.0. The molecule has 1 fully saturated rings. The molecule has 3 heteroatoms. The van der Waals surface area contributed by atoms with E-state index in [0.717, 1.165) is 44.8 Å². The zero-order chi connectivity index (χ0) is 15.8. The Morgan fingerprint density at radius 3 is 2.68 bits per heavy atom. The Labute approximate surface area is 134 Å². The van der Waals surface area contributed by atoms with Crippen LogP contribution < -0.4 is 4.74 Å². The van der Waals surface area contributed by atoms with Gasteiger partial charge in [0.05, 0.1) is 18.8 Å². The van der Waals surface area contributed by atoms with E-state index < -0.39 is 0 Å². The molecule has 122 valence electrons. The summed E-state index contributed by atoms with van der Waals surface area (Å²) in [4.78, 5) is 2.50. The number of hydrogen-bond donors (Lipinski definition) is 0. The van der Waals surface area contributed by atoms with Crippen LogP contribution in [0.15, 0.2) is 36.9 Å². The maximum Gasteiger partial charge on any atom is 0.122 e. The minimum Gasteiger partial charge on any atom is -0.493 e. The topological polar surface area (TPSA) is 21.7 Å². The first-order valence-electron chi connectivity index (χ1n) is 8.38. The van der Waals surface area contributed by atoms with Gasteiger partial charge in [-0.2, -0.15) is 0 Å². The summed E-state index contributed by atoms with van der Waals surface area (Å²) < 4.78 is 11.7. The van der Waals surface area contributed by atoms with Crippen molar-refractivity contribution in [1.29, 1.82) is 0 Å². The van der Waals surface area contributed by atoms with Crippen molar-refractivity contribution in [2.24, 2.45) is 0 Å². The Bertz CT molecular complexity index is 451. The van der Waals surface area contributed by atoms with E-state index in [1.807, 2.05) is 24.3 Å². The molecule has 0 amide bonds. The third kappa shape index (κ3) is 5.47. The van der Waals surface area contributed by atoms with Crippen LogP contribution in [0.1, 0.15) is 32.3 Å². The second-order valence-electron chi connectivity index (χ2n) is 6.17. The molecule has 1 aromatic carbocycles. The summed E-state index contributed by atoms with van der Waals surface area (Å²) in [6.45, 7) is 12.1. The highest BCUT2D eigenvalue weighted by Gasteiger charge is 2.21. The van der Waals surface area contributed by atoms with Crippen LogP contribution >= 0.6 is 0 Å².